The summed E-state index contributed by atoms with van der Waals surface area (Å²) in [5.74, 6) is 0.415. The maximum absolute atomic E-state index is 10.0. The van der Waals surface area contributed by atoms with Crippen LogP contribution in [0, 0.1) is 13.8 Å². The van der Waals surface area contributed by atoms with Gasteiger partial charge in [-0.25, -0.2) is 0 Å². The van der Waals surface area contributed by atoms with Crippen molar-refractivity contribution in [3.05, 3.63) is 63.1 Å². The predicted molar refractivity (Wildman–Crippen MR) is 74.5 cm³/mol. The number of hydrogen-bond acceptors (Lipinski definition) is 1. The molecule has 88 valence electrons. The van der Waals surface area contributed by atoms with Gasteiger partial charge in [0.2, 0.25) is 0 Å². The molecule has 1 nitrogen and oxygen atoms in total. The van der Waals surface area contributed by atoms with E-state index in [2.05, 4.69) is 35.0 Å². The van der Waals surface area contributed by atoms with E-state index in [1.54, 1.807) is 0 Å². The molecule has 0 saturated heterocycles. The average molecular weight is 291 g/mol. The lowest BCUT2D eigenvalue weighted by atomic mass is 9.99. The molecule has 0 bridgehead atoms. The van der Waals surface area contributed by atoms with Crippen molar-refractivity contribution in [1.82, 2.24) is 0 Å². The maximum atomic E-state index is 10.0. The van der Waals surface area contributed by atoms with Gasteiger partial charge in [-0.3, -0.25) is 0 Å². The third-order valence-electron chi connectivity index (χ3n) is 2.83. The van der Waals surface area contributed by atoms with Gasteiger partial charge in [-0.2, -0.15) is 0 Å². The largest absolute Gasteiger partial charge is 0.507 e. The van der Waals surface area contributed by atoms with Crippen molar-refractivity contribution in [2.45, 2.75) is 20.3 Å². The number of halogens is 1. The van der Waals surface area contributed by atoms with Crippen molar-refractivity contribution in [1.29, 1.82) is 0 Å². The van der Waals surface area contributed by atoms with Crippen LogP contribution in [0.2, 0.25) is 0 Å². The van der Waals surface area contributed by atoms with Gasteiger partial charge in [0.05, 0.1) is 0 Å². The van der Waals surface area contributed by atoms with E-state index in [9.17, 15) is 5.11 Å². The highest BCUT2D eigenvalue weighted by Gasteiger charge is 2.06. The molecule has 0 saturated carbocycles. The van der Waals surface area contributed by atoms with Gasteiger partial charge in [-0.15, -0.1) is 0 Å². The lowest BCUT2D eigenvalue weighted by Crippen LogP contribution is -1.92. The van der Waals surface area contributed by atoms with E-state index in [-0.39, 0.29) is 0 Å². The number of aromatic hydroxyl groups is 1. The van der Waals surface area contributed by atoms with E-state index < -0.39 is 0 Å². The van der Waals surface area contributed by atoms with Gasteiger partial charge in [-0.05, 0) is 42.7 Å². The Kier molecular flexibility index (Phi) is 3.53. The first-order valence-electron chi connectivity index (χ1n) is 5.60. The van der Waals surface area contributed by atoms with E-state index in [0.717, 1.165) is 22.0 Å². The van der Waals surface area contributed by atoms with Crippen LogP contribution in [0.5, 0.6) is 5.75 Å². The Bertz CT molecular complexity index is 529. The first-order chi connectivity index (χ1) is 8.06. The van der Waals surface area contributed by atoms with Gasteiger partial charge in [0, 0.05) is 10.9 Å². The Morgan fingerprint density at radius 1 is 1.06 bits per heavy atom. The first-order valence-corrected chi connectivity index (χ1v) is 6.39. The molecule has 0 unspecified atom stereocenters. The topological polar surface area (TPSA) is 20.2 Å². The third-order valence-corrected chi connectivity index (χ3v) is 3.36. The van der Waals surface area contributed by atoms with Crippen LogP contribution in [0.3, 0.4) is 0 Å². The molecule has 2 heteroatoms. The zero-order valence-corrected chi connectivity index (χ0v) is 11.6. The van der Waals surface area contributed by atoms with Crippen LogP contribution in [0.1, 0.15) is 22.3 Å². The molecule has 0 heterocycles. The maximum Gasteiger partial charge on any atom is 0.122 e. The van der Waals surface area contributed by atoms with Crippen molar-refractivity contribution < 1.29 is 5.11 Å². The minimum atomic E-state index is 0.415. The summed E-state index contributed by atoms with van der Waals surface area (Å²) in [7, 11) is 0. The van der Waals surface area contributed by atoms with Gasteiger partial charge in [-0.1, -0.05) is 45.8 Å². The molecular formula is C15H15BrO. The summed E-state index contributed by atoms with van der Waals surface area (Å²) in [6, 6.07) is 12.2. The van der Waals surface area contributed by atoms with E-state index in [0.29, 0.717) is 5.75 Å². The summed E-state index contributed by atoms with van der Waals surface area (Å²) < 4.78 is 1.07. The number of aryl methyl sites for hydroxylation is 2. The van der Waals surface area contributed by atoms with Crippen LogP contribution in [0.4, 0.5) is 0 Å². The van der Waals surface area contributed by atoms with Gasteiger partial charge in [0.15, 0.2) is 0 Å². The molecule has 0 spiro atoms. The fraction of sp³-hybridized carbons (Fsp3) is 0.200. The van der Waals surface area contributed by atoms with Gasteiger partial charge in [0.1, 0.15) is 5.75 Å². The smallest absolute Gasteiger partial charge is 0.122 e. The Hall–Kier alpha value is -1.28. The van der Waals surface area contributed by atoms with Crippen LogP contribution < -0.4 is 0 Å². The van der Waals surface area contributed by atoms with Crippen LogP contribution in [0.25, 0.3) is 0 Å². The number of phenols is 1. The molecule has 2 rings (SSSR count). The molecule has 0 amide bonds. The molecule has 0 aromatic heterocycles. The monoisotopic (exact) mass is 290 g/mol. The van der Waals surface area contributed by atoms with Gasteiger partial charge >= 0.3 is 0 Å². The van der Waals surface area contributed by atoms with E-state index in [1.165, 1.54) is 11.1 Å². The fourth-order valence-electron chi connectivity index (χ4n) is 2.00. The zero-order chi connectivity index (χ0) is 12.4. The minimum Gasteiger partial charge on any atom is -0.507 e. The summed E-state index contributed by atoms with van der Waals surface area (Å²) in [5.41, 5.74) is 4.32. The highest BCUT2D eigenvalue weighted by molar-refractivity contribution is 9.10. The third kappa shape index (κ3) is 2.89. The molecule has 0 radical (unpaired) electrons. The summed E-state index contributed by atoms with van der Waals surface area (Å²) in [6.45, 7) is 3.99. The summed E-state index contributed by atoms with van der Waals surface area (Å²) in [5, 5.41) is 10.0. The number of phenolic OH excluding ortho intramolecular Hbond substituents is 1. The van der Waals surface area contributed by atoms with Crippen molar-refractivity contribution in [3.8, 4) is 5.75 Å². The number of rotatable bonds is 2. The van der Waals surface area contributed by atoms with Crippen LogP contribution in [-0.4, -0.2) is 5.11 Å². The van der Waals surface area contributed by atoms with Gasteiger partial charge in [0.25, 0.3) is 0 Å². The van der Waals surface area contributed by atoms with Crippen LogP contribution in [0.15, 0.2) is 40.9 Å². The first kappa shape index (κ1) is 12.2. The second-order valence-corrected chi connectivity index (χ2v) is 5.31. The molecule has 0 fully saturated rings. The second-order valence-electron chi connectivity index (χ2n) is 4.39. The van der Waals surface area contributed by atoms with E-state index in [4.69, 9.17) is 0 Å². The van der Waals surface area contributed by atoms with Crippen molar-refractivity contribution >= 4 is 15.9 Å². The Labute approximate surface area is 110 Å². The summed E-state index contributed by atoms with van der Waals surface area (Å²) in [6.07, 6.45) is 0.766. The normalized spacial score (nSPS) is 10.5. The minimum absolute atomic E-state index is 0.415. The summed E-state index contributed by atoms with van der Waals surface area (Å²) in [4.78, 5) is 0. The molecule has 0 aliphatic carbocycles. The van der Waals surface area contributed by atoms with Crippen LogP contribution in [-0.2, 0) is 6.42 Å². The van der Waals surface area contributed by atoms with Crippen LogP contribution >= 0.6 is 15.9 Å². The fourth-order valence-corrected chi connectivity index (χ4v) is 2.27. The lowest BCUT2D eigenvalue weighted by Gasteiger charge is -2.09. The SMILES string of the molecule is Cc1cc(C)c(O)c(Cc2ccc(Br)cc2)c1. The predicted octanol–water partition coefficient (Wildman–Crippen LogP) is 4.36. The lowest BCUT2D eigenvalue weighted by molar-refractivity contribution is 0.465. The molecular weight excluding hydrogens is 276 g/mol. The highest BCUT2D eigenvalue weighted by Crippen LogP contribution is 2.26. The molecule has 0 aliphatic heterocycles. The van der Waals surface area contributed by atoms with E-state index >= 15 is 0 Å². The quantitative estimate of drug-likeness (QED) is 0.871. The molecule has 17 heavy (non-hydrogen) atoms. The highest BCUT2D eigenvalue weighted by atomic mass is 79.9. The van der Waals surface area contributed by atoms with Crippen molar-refractivity contribution in [3.63, 3.8) is 0 Å². The van der Waals surface area contributed by atoms with Crippen molar-refractivity contribution in [2.75, 3.05) is 0 Å². The van der Waals surface area contributed by atoms with E-state index in [1.807, 2.05) is 31.2 Å². The van der Waals surface area contributed by atoms with Gasteiger partial charge < -0.3 is 5.11 Å². The molecule has 2 aromatic carbocycles. The molecule has 2 aromatic rings. The Morgan fingerprint density at radius 3 is 2.35 bits per heavy atom. The number of benzene rings is 2. The standard InChI is InChI=1S/C15H15BrO/c1-10-7-11(2)15(17)13(8-10)9-12-3-5-14(16)6-4-12/h3-8,17H,9H2,1-2H3. The second kappa shape index (κ2) is 4.92. The Morgan fingerprint density at radius 2 is 1.71 bits per heavy atom. The average Bonchev–Trinajstić information content (AvgIpc) is 2.28. The molecule has 0 aliphatic rings. The number of hydrogen-bond donors (Lipinski definition) is 1. The summed E-state index contributed by atoms with van der Waals surface area (Å²) >= 11 is 3.42. The molecule has 0 atom stereocenters. The van der Waals surface area contributed by atoms with Crippen molar-refractivity contribution in [2.24, 2.45) is 0 Å². The molecule has 1 N–H and O–H groups in total. The Balaban J connectivity index is 2.32. The zero-order valence-electron chi connectivity index (χ0n) is 10.00.